The van der Waals surface area contributed by atoms with Crippen LogP contribution in [-0.2, 0) is 4.74 Å². The first-order chi connectivity index (χ1) is 8.35. The van der Waals surface area contributed by atoms with Crippen LogP contribution in [0.15, 0.2) is 0 Å². The highest BCUT2D eigenvalue weighted by Crippen LogP contribution is 2.24. The molecular formula is C13H25N3O. The standard InChI is InChI=1S/C13H25N3O/c14-8-12-3-4-13(17-12)10-15-6-7-16-5-1-2-11(16)9-15/h11-13H,1-10,14H2. The van der Waals surface area contributed by atoms with Crippen LogP contribution in [-0.4, -0.2) is 67.3 Å². The van der Waals surface area contributed by atoms with Crippen molar-refractivity contribution in [3.05, 3.63) is 0 Å². The zero-order chi connectivity index (χ0) is 11.7. The summed E-state index contributed by atoms with van der Waals surface area (Å²) in [4.78, 5) is 5.27. The van der Waals surface area contributed by atoms with Gasteiger partial charge in [-0.2, -0.15) is 0 Å². The molecule has 3 rings (SSSR count). The molecule has 0 aromatic carbocycles. The molecule has 3 aliphatic rings. The van der Waals surface area contributed by atoms with Gasteiger partial charge in [0, 0.05) is 38.8 Å². The Morgan fingerprint density at radius 1 is 1.06 bits per heavy atom. The van der Waals surface area contributed by atoms with Crippen molar-refractivity contribution in [3.8, 4) is 0 Å². The van der Waals surface area contributed by atoms with Gasteiger partial charge in [0.15, 0.2) is 0 Å². The number of ether oxygens (including phenoxy) is 1. The highest BCUT2D eigenvalue weighted by atomic mass is 16.5. The largest absolute Gasteiger partial charge is 0.372 e. The van der Waals surface area contributed by atoms with Gasteiger partial charge in [0.2, 0.25) is 0 Å². The van der Waals surface area contributed by atoms with E-state index in [2.05, 4.69) is 9.80 Å². The molecule has 3 saturated heterocycles. The molecule has 3 unspecified atom stereocenters. The van der Waals surface area contributed by atoms with E-state index in [1.807, 2.05) is 0 Å². The normalized spacial score (nSPS) is 39.7. The first kappa shape index (κ1) is 11.9. The van der Waals surface area contributed by atoms with Crippen LogP contribution in [0.3, 0.4) is 0 Å². The minimum absolute atomic E-state index is 0.327. The van der Waals surface area contributed by atoms with Crippen LogP contribution in [0, 0.1) is 0 Å². The number of rotatable bonds is 3. The van der Waals surface area contributed by atoms with Gasteiger partial charge in [0.25, 0.3) is 0 Å². The zero-order valence-corrected chi connectivity index (χ0v) is 10.7. The van der Waals surface area contributed by atoms with E-state index >= 15 is 0 Å². The molecule has 3 aliphatic heterocycles. The van der Waals surface area contributed by atoms with Crippen LogP contribution in [0.1, 0.15) is 25.7 Å². The lowest BCUT2D eigenvalue weighted by Crippen LogP contribution is -2.51. The van der Waals surface area contributed by atoms with Gasteiger partial charge in [-0.15, -0.1) is 0 Å². The van der Waals surface area contributed by atoms with Crippen molar-refractivity contribution >= 4 is 0 Å². The monoisotopic (exact) mass is 239 g/mol. The van der Waals surface area contributed by atoms with Crippen LogP contribution < -0.4 is 5.73 Å². The van der Waals surface area contributed by atoms with Crippen molar-refractivity contribution in [1.82, 2.24) is 9.80 Å². The van der Waals surface area contributed by atoms with E-state index in [4.69, 9.17) is 10.5 Å². The van der Waals surface area contributed by atoms with E-state index in [0.29, 0.717) is 18.8 Å². The quantitative estimate of drug-likeness (QED) is 0.768. The number of nitrogens with zero attached hydrogens (tertiary/aromatic N) is 2. The minimum atomic E-state index is 0.327. The summed E-state index contributed by atoms with van der Waals surface area (Å²) in [5.41, 5.74) is 5.65. The number of fused-ring (bicyclic) bond motifs is 1. The summed E-state index contributed by atoms with van der Waals surface area (Å²) < 4.78 is 5.94. The molecule has 3 fully saturated rings. The molecule has 0 spiro atoms. The third-order valence-electron chi connectivity index (χ3n) is 4.59. The molecular weight excluding hydrogens is 214 g/mol. The summed E-state index contributed by atoms with van der Waals surface area (Å²) in [6.45, 7) is 6.88. The third kappa shape index (κ3) is 2.65. The highest BCUT2D eigenvalue weighted by molar-refractivity contribution is 4.88. The van der Waals surface area contributed by atoms with Crippen LogP contribution in [0.2, 0.25) is 0 Å². The van der Waals surface area contributed by atoms with Crippen LogP contribution in [0.5, 0.6) is 0 Å². The Morgan fingerprint density at radius 3 is 2.76 bits per heavy atom. The molecule has 0 amide bonds. The Bertz CT molecular complexity index is 261. The summed E-state index contributed by atoms with van der Waals surface area (Å²) in [6.07, 6.45) is 5.92. The zero-order valence-electron chi connectivity index (χ0n) is 10.7. The maximum atomic E-state index is 5.94. The maximum Gasteiger partial charge on any atom is 0.0707 e. The van der Waals surface area contributed by atoms with Crippen molar-refractivity contribution in [2.75, 3.05) is 39.3 Å². The predicted octanol–water partition coefficient (Wildman–Crippen LogP) is 0.273. The van der Waals surface area contributed by atoms with E-state index in [1.54, 1.807) is 0 Å². The fourth-order valence-corrected chi connectivity index (χ4v) is 3.60. The lowest BCUT2D eigenvalue weighted by molar-refractivity contribution is 0.00974. The van der Waals surface area contributed by atoms with Crippen molar-refractivity contribution in [1.29, 1.82) is 0 Å². The van der Waals surface area contributed by atoms with Crippen molar-refractivity contribution in [2.45, 2.75) is 43.9 Å². The summed E-state index contributed by atoms with van der Waals surface area (Å²) in [5, 5.41) is 0. The van der Waals surface area contributed by atoms with Crippen LogP contribution >= 0.6 is 0 Å². The second-order valence-electron chi connectivity index (χ2n) is 5.78. The summed E-state index contributed by atoms with van der Waals surface area (Å²) >= 11 is 0. The SMILES string of the molecule is NCC1CCC(CN2CCN3CCCC3C2)O1. The third-order valence-corrected chi connectivity index (χ3v) is 4.59. The Balaban J connectivity index is 1.46. The molecule has 98 valence electrons. The molecule has 0 aromatic heterocycles. The van der Waals surface area contributed by atoms with Gasteiger partial charge >= 0.3 is 0 Å². The fraction of sp³-hybridized carbons (Fsp3) is 1.00. The van der Waals surface area contributed by atoms with Gasteiger partial charge in [-0.1, -0.05) is 0 Å². The lowest BCUT2D eigenvalue weighted by atomic mass is 10.1. The second kappa shape index (κ2) is 5.22. The minimum Gasteiger partial charge on any atom is -0.372 e. The fourth-order valence-electron chi connectivity index (χ4n) is 3.60. The predicted molar refractivity (Wildman–Crippen MR) is 68.0 cm³/mol. The van der Waals surface area contributed by atoms with Gasteiger partial charge in [-0.05, 0) is 32.2 Å². The van der Waals surface area contributed by atoms with Crippen LogP contribution in [0.25, 0.3) is 0 Å². The molecule has 4 nitrogen and oxygen atoms in total. The van der Waals surface area contributed by atoms with E-state index in [9.17, 15) is 0 Å². The first-order valence-electron chi connectivity index (χ1n) is 7.17. The van der Waals surface area contributed by atoms with E-state index in [-0.39, 0.29) is 0 Å². The molecule has 0 radical (unpaired) electrons. The topological polar surface area (TPSA) is 41.7 Å². The van der Waals surface area contributed by atoms with Gasteiger partial charge < -0.3 is 10.5 Å². The van der Waals surface area contributed by atoms with Crippen molar-refractivity contribution in [2.24, 2.45) is 5.73 Å². The van der Waals surface area contributed by atoms with Gasteiger partial charge in [0.1, 0.15) is 0 Å². The summed E-state index contributed by atoms with van der Waals surface area (Å²) in [7, 11) is 0. The molecule has 2 N–H and O–H groups in total. The van der Waals surface area contributed by atoms with Crippen molar-refractivity contribution in [3.63, 3.8) is 0 Å². The molecule has 0 bridgehead atoms. The van der Waals surface area contributed by atoms with Gasteiger partial charge in [-0.25, -0.2) is 0 Å². The van der Waals surface area contributed by atoms with E-state index in [1.165, 1.54) is 45.4 Å². The molecule has 3 heterocycles. The number of piperazine rings is 1. The van der Waals surface area contributed by atoms with Gasteiger partial charge in [0.05, 0.1) is 12.2 Å². The molecule has 0 saturated carbocycles. The molecule has 0 aliphatic carbocycles. The number of hydrogen-bond donors (Lipinski definition) is 1. The average molecular weight is 239 g/mol. The van der Waals surface area contributed by atoms with E-state index in [0.717, 1.165) is 19.0 Å². The lowest BCUT2D eigenvalue weighted by Gasteiger charge is -2.38. The molecule has 4 heteroatoms. The summed E-state index contributed by atoms with van der Waals surface area (Å²) in [5.74, 6) is 0. The second-order valence-corrected chi connectivity index (χ2v) is 5.78. The molecule has 0 aromatic rings. The number of hydrogen-bond acceptors (Lipinski definition) is 4. The Hall–Kier alpha value is -0.160. The molecule has 3 atom stereocenters. The highest BCUT2D eigenvalue weighted by Gasteiger charge is 2.33. The Labute approximate surface area is 104 Å². The maximum absolute atomic E-state index is 5.94. The number of nitrogens with two attached hydrogens (primary N) is 1. The first-order valence-corrected chi connectivity index (χ1v) is 7.17. The van der Waals surface area contributed by atoms with E-state index < -0.39 is 0 Å². The smallest absolute Gasteiger partial charge is 0.0707 e. The molecule has 17 heavy (non-hydrogen) atoms. The van der Waals surface area contributed by atoms with Gasteiger partial charge in [-0.3, -0.25) is 9.80 Å². The average Bonchev–Trinajstić information content (AvgIpc) is 2.96. The Kier molecular flexibility index (Phi) is 3.66. The van der Waals surface area contributed by atoms with Crippen molar-refractivity contribution < 1.29 is 4.74 Å². The summed E-state index contributed by atoms with van der Waals surface area (Å²) in [6, 6.07) is 0.829. The van der Waals surface area contributed by atoms with Crippen LogP contribution in [0.4, 0.5) is 0 Å². The Morgan fingerprint density at radius 2 is 1.94 bits per heavy atom.